The molecule has 0 bridgehead atoms. The van der Waals surface area contributed by atoms with Crippen LogP contribution in [0.4, 0.5) is 5.69 Å². The Bertz CT molecular complexity index is 1870. The number of fused-ring (bicyclic) bond motifs is 1. The van der Waals surface area contributed by atoms with Gasteiger partial charge in [-0.15, -0.1) is 0 Å². The summed E-state index contributed by atoms with van der Waals surface area (Å²) in [5.74, 6) is -0.908. The van der Waals surface area contributed by atoms with Crippen molar-refractivity contribution in [2.24, 2.45) is 5.10 Å². The maximum absolute atomic E-state index is 13.5. The average Bonchev–Trinajstić information content (AvgIpc) is 3.34. The molecule has 0 aliphatic carbocycles. The highest BCUT2D eigenvalue weighted by molar-refractivity contribution is 9.11. The zero-order valence-corrected chi connectivity index (χ0v) is 26.9. The Morgan fingerprint density at radius 3 is 2.38 bits per heavy atom. The van der Waals surface area contributed by atoms with Crippen molar-refractivity contribution < 1.29 is 14.3 Å². The van der Waals surface area contributed by atoms with Gasteiger partial charge in [-0.1, -0.05) is 69.5 Å². The number of nitrogens with one attached hydrogen (secondary N) is 2. The van der Waals surface area contributed by atoms with Crippen LogP contribution in [0, 0.1) is 0 Å². The number of carbonyl (C=O) groups excluding carboxylic acids is 2. The molecule has 0 fully saturated rings. The molecule has 0 aliphatic heterocycles. The van der Waals surface area contributed by atoms with E-state index in [4.69, 9.17) is 27.9 Å². The van der Waals surface area contributed by atoms with E-state index >= 15 is 0 Å². The predicted molar refractivity (Wildman–Crippen MR) is 176 cm³/mol. The monoisotopic (exact) mass is 726 g/mol. The molecular weight excluding hydrogens is 707 g/mol. The molecule has 5 aromatic rings. The van der Waals surface area contributed by atoms with E-state index in [1.807, 2.05) is 55.4 Å². The minimum absolute atomic E-state index is 0.208. The Hall–Kier alpha value is -3.63. The summed E-state index contributed by atoms with van der Waals surface area (Å²) in [6.45, 7) is 0. The smallest absolute Gasteiger partial charge is 0.345 e. The third kappa shape index (κ3) is 6.24. The van der Waals surface area contributed by atoms with Crippen LogP contribution in [-0.4, -0.2) is 37.2 Å². The van der Waals surface area contributed by atoms with Gasteiger partial charge in [0, 0.05) is 56.9 Å². The molecule has 1 heterocycles. The molecule has 212 valence electrons. The number of H-pyrrole nitrogens is 1. The molecule has 11 heteroatoms. The molecule has 0 saturated carbocycles. The fourth-order valence-corrected chi connectivity index (χ4v) is 6.13. The first-order chi connectivity index (χ1) is 20.1. The number of amides is 1. The lowest BCUT2D eigenvalue weighted by Gasteiger charge is -2.13. The molecule has 0 aliphatic rings. The standard InChI is InChI=1S/C31H22Br2Cl2N4O3/c1-39(2)19-11-12-26-22(15-19)27(20-7-3-5-9-24(20)34)28(37-26)30(40)38-36-16-17-13-18(32)14-23(33)29(17)42-31(41)21-8-4-6-10-25(21)35/h3-16,37H,1-2H3,(H,38,40). The summed E-state index contributed by atoms with van der Waals surface area (Å²) in [6.07, 6.45) is 1.39. The molecular formula is C31H22Br2Cl2N4O3. The highest BCUT2D eigenvalue weighted by Gasteiger charge is 2.22. The number of halogens is 4. The summed E-state index contributed by atoms with van der Waals surface area (Å²) in [5, 5.41) is 5.80. The quantitative estimate of drug-likeness (QED) is 0.0760. The van der Waals surface area contributed by atoms with Crippen molar-refractivity contribution in [3.05, 3.63) is 115 Å². The lowest BCUT2D eigenvalue weighted by Crippen LogP contribution is -2.19. The van der Waals surface area contributed by atoms with Crippen LogP contribution in [0.3, 0.4) is 0 Å². The normalized spacial score (nSPS) is 11.2. The molecule has 4 aromatic carbocycles. The number of ether oxygens (including phenoxy) is 1. The van der Waals surface area contributed by atoms with E-state index < -0.39 is 11.9 Å². The first-order valence-electron chi connectivity index (χ1n) is 12.5. The Labute approximate surface area is 268 Å². The predicted octanol–water partition coefficient (Wildman–Crippen LogP) is 8.72. The van der Waals surface area contributed by atoms with Gasteiger partial charge >= 0.3 is 5.97 Å². The van der Waals surface area contributed by atoms with Gasteiger partial charge in [0.25, 0.3) is 5.91 Å². The number of carbonyl (C=O) groups is 2. The van der Waals surface area contributed by atoms with Crippen LogP contribution in [0.15, 0.2) is 92.9 Å². The number of nitrogens with zero attached hydrogens (tertiary/aromatic N) is 2. The van der Waals surface area contributed by atoms with Crippen LogP contribution in [0.2, 0.25) is 10.0 Å². The molecule has 7 nitrogen and oxygen atoms in total. The maximum atomic E-state index is 13.5. The molecule has 0 radical (unpaired) electrons. The number of esters is 1. The van der Waals surface area contributed by atoms with E-state index in [0.29, 0.717) is 36.4 Å². The van der Waals surface area contributed by atoms with E-state index in [1.54, 1.807) is 42.5 Å². The van der Waals surface area contributed by atoms with E-state index in [0.717, 1.165) is 16.6 Å². The molecule has 1 aromatic heterocycles. The Morgan fingerprint density at radius 1 is 0.952 bits per heavy atom. The van der Waals surface area contributed by atoms with Crippen LogP contribution in [-0.2, 0) is 0 Å². The number of anilines is 1. The van der Waals surface area contributed by atoms with Crippen LogP contribution in [0.1, 0.15) is 26.4 Å². The van der Waals surface area contributed by atoms with Crippen molar-refractivity contribution in [1.82, 2.24) is 10.4 Å². The van der Waals surface area contributed by atoms with Crippen LogP contribution in [0.25, 0.3) is 22.0 Å². The number of hydrogen-bond acceptors (Lipinski definition) is 5. The van der Waals surface area contributed by atoms with Gasteiger partial charge in [0.05, 0.1) is 21.3 Å². The van der Waals surface area contributed by atoms with E-state index in [2.05, 4.69) is 47.4 Å². The van der Waals surface area contributed by atoms with Gasteiger partial charge in [0.15, 0.2) is 5.75 Å². The average molecular weight is 729 g/mol. The number of rotatable bonds is 7. The van der Waals surface area contributed by atoms with Crippen molar-refractivity contribution in [2.45, 2.75) is 0 Å². The van der Waals surface area contributed by atoms with Crippen LogP contribution < -0.4 is 15.1 Å². The fourth-order valence-electron chi connectivity index (χ4n) is 4.35. The summed E-state index contributed by atoms with van der Waals surface area (Å²) >= 11 is 19.6. The number of aromatic amines is 1. The number of aromatic nitrogens is 1. The molecule has 42 heavy (non-hydrogen) atoms. The second-order valence-corrected chi connectivity index (χ2v) is 11.9. The Morgan fingerprint density at radius 2 is 1.67 bits per heavy atom. The minimum atomic E-state index is -0.637. The highest BCUT2D eigenvalue weighted by atomic mass is 79.9. The SMILES string of the molecule is CN(C)c1ccc2[nH]c(C(=O)NN=Cc3cc(Br)cc(Br)c3OC(=O)c3ccccc3Cl)c(-c3ccccc3Cl)c2c1. The van der Waals surface area contributed by atoms with E-state index in [9.17, 15) is 9.59 Å². The lowest BCUT2D eigenvalue weighted by atomic mass is 10.0. The van der Waals surface area contributed by atoms with E-state index in [-0.39, 0.29) is 16.3 Å². The third-order valence-electron chi connectivity index (χ3n) is 6.36. The van der Waals surface area contributed by atoms with Gasteiger partial charge in [0.1, 0.15) is 5.69 Å². The molecule has 0 atom stereocenters. The zero-order chi connectivity index (χ0) is 30.0. The van der Waals surface area contributed by atoms with Gasteiger partial charge in [-0.3, -0.25) is 4.79 Å². The van der Waals surface area contributed by atoms with Crippen molar-refractivity contribution in [3.8, 4) is 16.9 Å². The van der Waals surface area contributed by atoms with Gasteiger partial charge in [-0.2, -0.15) is 5.10 Å². The lowest BCUT2D eigenvalue weighted by molar-refractivity contribution is 0.0733. The maximum Gasteiger partial charge on any atom is 0.345 e. The molecule has 0 spiro atoms. The Balaban J connectivity index is 1.48. The zero-order valence-electron chi connectivity index (χ0n) is 22.2. The van der Waals surface area contributed by atoms with Crippen molar-refractivity contribution >= 4 is 89.7 Å². The van der Waals surface area contributed by atoms with Crippen LogP contribution in [0.5, 0.6) is 5.75 Å². The van der Waals surface area contributed by atoms with Gasteiger partial charge in [-0.05, 0) is 64.5 Å². The Kier molecular flexibility index (Phi) is 9.03. The number of hydrogen-bond donors (Lipinski definition) is 2. The topological polar surface area (TPSA) is 86.8 Å². The molecule has 1 amide bonds. The largest absolute Gasteiger partial charge is 0.421 e. The van der Waals surface area contributed by atoms with Gasteiger partial charge < -0.3 is 14.6 Å². The van der Waals surface area contributed by atoms with Gasteiger partial charge in [0.2, 0.25) is 0 Å². The fraction of sp³-hybridized carbons (Fsp3) is 0.0645. The first-order valence-corrected chi connectivity index (χ1v) is 14.9. The third-order valence-corrected chi connectivity index (χ3v) is 8.07. The summed E-state index contributed by atoms with van der Waals surface area (Å²) in [5.41, 5.74) is 6.64. The molecule has 0 unspecified atom stereocenters. The molecule has 0 saturated heterocycles. The van der Waals surface area contributed by atoms with Crippen LogP contribution >= 0.6 is 55.1 Å². The summed E-state index contributed by atoms with van der Waals surface area (Å²) in [4.78, 5) is 31.6. The second kappa shape index (κ2) is 12.7. The minimum Gasteiger partial charge on any atom is -0.421 e. The highest BCUT2D eigenvalue weighted by Crippen LogP contribution is 2.38. The molecule has 5 rings (SSSR count). The van der Waals surface area contributed by atoms with Crippen molar-refractivity contribution in [2.75, 3.05) is 19.0 Å². The summed E-state index contributed by atoms with van der Waals surface area (Å²) in [7, 11) is 3.90. The number of hydrazone groups is 1. The summed E-state index contributed by atoms with van der Waals surface area (Å²) < 4.78 is 6.88. The van der Waals surface area contributed by atoms with E-state index in [1.165, 1.54) is 6.21 Å². The second-order valence-electron chi connectivity index (χ2n) is 9.35. The summed E-state index contributed by atoms with van der Waals surface area (Å²) in [6, 6.07) is 23.3. The van der Waals surface area contributed by atoms with Gasteiger partial charge in [-0.25, -0.2) is 10.2 Å². The van der Waals surface area contributed by atoms with Crippen molar-refractivity contribution in [1.29, 1.82) is 0 Å². The first kappa shape index (κ1) is 29.8. The van der Waals surface area contributed by atoms with Crippen molar-refractivity contribution in [3.63, 3.8) is 0 Å². The number of benzene rings is 4. The molecule has 2 N–H and O–H groups in total.